The number of methoxy groups -OCH3 is 2. The number of piperidine rings is 1. The van der Waals surface area contributed by atoms with Crippen LogP contribution in [0.15, 0.2) is 60.2 Å². The summed E-state index contributed by atoms with van der Waals surface area (Å²) in [5.74, 6) is -21.1. The van der Waals surface area contributed by atoms with E-state index in [4.69, 9.17) is 32.7 Å². The Labute approximate surface area is 344 Å². The number of carbonyl (C=O) groups excluding carboxylic acids is 4. The van der Waals surface area contributed by atoms with Gasteiger partial charge >= 0.3 is 0 Å². The number of phenols is 1. The molecule has 10 nitrogen and oxygen atoms in total. The molecule has 4 fully saturated rings. The molecular weight excluding hydrogens is 824 g/mol. The van der Waals surface area contributed by atoms with Crippen molar-refractivity contribution in [3.8, 4) is 17.2 Å². The largest absolute Gasteiger partial charge is 0.502 e. The Morgan fingerprint density at radius 2 is 1.42 bits per heavy atom. The van der Waals surface area contributed by atoms with Crippen LogP contribution in [0.1, 0.15) is 36.8 Å². The fourth-order valence-electron chi connectivity index (χ4n) is 9.59. The standard InChI is InChI=1S/C42H36Cl2F5N3O7/c1-58-27-16-21(17-28(59-2)36(27)53)8-11-26-23-9-10-24-29(38(55)51(37(24)54)22-12-14-50(15-13-22)19-20-6-4-3-5-7-20)25(23)18-41(43)39(56)52(40(57)42(26,41)44)35-33(48)31(46)30(45)32(47)34(35)49/h3-9,11,16-17,22,24-26,29,53H,10,12-15,18-19H2,1-2H3. The van der Waals surface area contributed by atoms with Gasteiger partial charge in [-0.1, -0.05) is 54.1 Å². The summed E-state index contributed by atoms with van der Waals surface area (Å²) >= 11 is 14.4. The van der Waals surface area contributed by atoms with Crippen molar-refractivity contribution in [1.29, 1.82) is 0 Å². The molecule has 1 saturated carbocycles. The predicted octanol–water partition coefficient (Wildman–Crippen LogP) is 6.88. The Bertz CT molecular complexity index is 2310. The molecule has 5 aliphatic rings. The second-order valence-corrected chi connectivity index (χ2v) is 16.7. The molecule has 1 N–H and O–H groups in total. The van der Waals surface area contributed by atoms with E-state index in [0.717, 1.165) is 5.56 Å². The highest BCUT2D eigenvalue weighted by molar-refractivity contribution is 6.58. The van der Waals surface area contributed by atoms with Gasteiger partial charge in [0.15, 0.2) is 44.5 Å². The first kappa shape index (κ1) is 40.8. The van der Waals surface area contributed by atoms with E-state index >= 15 is 8.78 Å². The molecule has 17 heteroatoms. The maximum atomic E-state index is 15.4. The molecule has 0 radical (unpaired) electrons. The number of aromatic hydroxyl groups is 1. The number of fused-ring (bicyclic) bond motifs is 4. The first-order valence-electron chi connectivity index (χ1n) is 18.8. The van der Waals surface area contributed by atoms with Gasteiger partial charge in [-0.05, 0) is 54.9 Å². The zero-order chi connectivity index (χ0) is 42.3. The zero-order valence-electron chi connectivity index (χ0n) is 31.5. The number of carbonyl (C=O) groups is 4. The summed E-state index contributed by atoms with van der Waals surface area (Å²) in [6.45, 7) is 1.92. The number of allylic oxidation sites excluding steroid dienone is 3. The molecule has 8 rings (SSSR count). The molecule has 0 spiro atoms. The number of hydrogen-bond donors (Lipinski definition) is 1. The van der Waals surface area contributed by atoms with E-state index in [1.807, 2.05) is 30.3 Å². The highest BCUT2D eigenvalue weighted by Gasteiger charge is 2.76. The lowest BCUT2D eigenvalue weighted by Crippen LogP contribution is -2.60. The van der Waals surface area contributed by atoms with E-state index in [9.17, 15) is 37.5 Å². The smallest absolute Gasteiger partial charge is 0.258 e. The van der Waals surface area contributed by atoms with Crippen LogP contribution in [0.3, 0.4) is 0 Å². The first-order chi connectivity index (χ1) is 28.1. The van der Waals surface area contributed by atoms with E-state index in [1.165, 1.54) is 43.4 Å². The molecule has 3 aliphatic heterocycles. The van der Waals surface area contributed by atoms with Gasteiger partial charge in [-0.2, -0.15) is 0 Å². The number of phenolic OH excluding ortho intramolecular Hbond substituents is 1. The molecule has 0 bridgehead atoms. The SMILES string of the molecule is COc1cc(C=CC2C3=CCC4C(=O)N(C5CCN(Cc6ccccc6)CC5)C(=O)C4C3CC3(Cl)C(=O)N(c4c(F)c(F)c(F)c(F)c4F)C(=O)C23Cl)cc(OC)c1O. The first-order valence-corrected chi connectivity index (χ1v) is 19.6. The molecule has 3 heterocycles. The number of halogens is 7. The number of benzene rings is 3. The molecular formula is C42H36Cl2F5N3O7. The number of alkyl halides is 2. The Morgan fingerprint density at radius 1 is 0.831 bits per heavy atom. The van der Waals surface area contributed by atoms with Crippen molar-refractivity contribution in [3.63, 3.8) is 0 Å². The average molecular weight is 861 g/mol. The van der Waals surface area contributed by atoms with Crippen LogP contribution in [0.4, 0.5) is 27.6 Å². The molecule has 3 aromatic rings. The number of amides is 4. The molecule has 3 aromatic carbocycles. The van der Waals surface area contributed by atoms with Gasteiger partial charge in [0.25, 0.3) is 11.8 Å². The topological polar surface area (TPSA) is 117 Å². The fraction of sp³-hybridized carbons (Fsp3) is 0.381. The lowest BCUT2D eigenvalue weighted by Gasteiger charge is -2.49. The van der Waals surface area contributed by atoms with E-state index in [0.29, 0.717) is 43.6 Å². The normalized spacial score (nSPS) is 28.6. The average Bonchev–Trinajstić information content (AvgIpc) is 3.57. The van der Waals surface area contributed by atoms with Gasteiger partial charge in [0.05, 0.1) is 26.1 Å². The van der Waals surface area contributed by atoms with Crippen LogP contribution >= 0.6 is 23.2 Å². The highest BCUT2D eigenvalue weighted by atomic mass is 35.5. The highest BCUT2D eigenvalue weighted by Crippen LogP contribution is 2.64. The van der Waals surface area contributed by atoms with Crippen molar-refractivity contribution in [3.05, 3.63) is 100 Å². The number of imide groups is 2. The lowest BCUT2D eigenvalue weighted by atomic mass is 9.57. The quantitative estimate of drug-likeness (QED) is 0.0652. The van der Waals surface area contributed by atoms with Crippen LogP contribution in [-0.4, -0.2) is 81.6 Å². The maximum absolute atomic E-state index is 15.4. The minimum atomic E-state index is -2.67. The summed E-state index contributed by atoms with van der Waals surface area (Å²) < 4.78 is 84.6. The van der Waals surface area contributed by atoms with Gasteiger partial charge in [-0.3, -0.25) is 29.0 Å². The number of ether oxygens (including phenoxy) is 2. The number of anilines is 1. The fourth-order valence-corrected chi connectivity index (χ4v) is 10.5. The van der Waals surface area contributed by atoms with Crippen LogP contribution in [0, 0.1) is 52.8 Å². The van der Waals surface area contributed by atoms with Gasteiger partial charge in [-0.15, -0.1) is 23.2 Å². The monoisotopic (exact) mass is 859 g/mol. The van der Waals surface area contributed by atoms with Crippen molar-refractivity contribution >= 4 is 58.6 Å². The third-order valence-electron chi connectivity index (χ3n) is 12.5. The summed E-state index contributed by atoms with van der Waals surface area (Å²) in [5, 5.41) is 10.5. The minimum absolute atomic E-state index is 0.0109. The van der Waals surface area contributed by atoms with E-state index in [2.05, 4.69) is 4.90 Å². The second kappa shape index (κ2) is 14.9. The van der Waals surface area contributed by atoms with Gasteiger partial charge in [0, 0.05) is 31.6 Å². The predicted molar refractivity (Wildman–Crippen MR) is 204 cm³/mol. The van der Waals surface area contributed by atoms with Crippen molar-refractivity contribution in [2.45, 2.75) is 48.0 Å². The summed E-state index contributed by atoms with van der Waals surface area (Å²) in [5.41, 5.74) is -0.114. The summed E-state index contributed by atoms with van der Waals surface area (Å²) in [6.07, 6.45) is 4.86. The molecule has 6 unspecified atom stereocenters. The summed E-state index contributed by atoms with van der Waals surface area (Å²) in [4.78, 5) is 55.7. The van der Waals surface area contributed by atoms with Gasteiger partial charge < -0.3 is 14.6 Å². The third kappa shape index (κ3) is 6.05. The number of likely N-dealkylation sites (tertiary alicyclic amines) is 2. The van der Waals surface area contributed by atoms with E-state index < -0.39 is 104 Å². The Hall–Kier alpha value is -4.99. The third-order valence-corrected chi connectivity index (χ3v) is 13.9. The van der Waals surface area contributed by atoms with Crippen LogP contribution in [-0.2, 0) is 25.7 Å². The Balaban J connectivity index is 1.19. The van der Waals surface area contributed by atoms with Crippen molar-refractivity contribution in [1.82, 2.24) is 9.80 Å². The Morgan fingerprint density at radius 3 is 2.02 bits per heavy atom. The summed E-state index contributed by atoms with van der Waals surface area (Å²) in [6, 6.07) is 12.2. The van der Waals surface area contributed by atoms with Crippen LogP contribution in [0.25, 0.3) is 6.08 Å². The van der Waals surface area contributed by atoms with E-state index in [1.54, 1.807) is 6.08 Å². The second-order valence-electron chi connectivity index (χ2n) is 15.4. The van der Waals surface area contributed by atoms with Crippen LogP contribution in [0.5, 0.6) is 17.2 Å². The molecule has 59 heavy (non-hydrogen) atoms. The van der Waals surface area contributed by atoms with Crippen molar-refractivity contribution < 1.29 is 55.7 Å². The summed E-state index contributed by atoms with van der Waals surface area (Å²) in [7, 11) is 2.58. The molecule has 0 aromatic heterocycles. The molecule has 3 saturated heterocycles. The minimum Gasteiger partial charge on any atom is -0.502 e. The zero-order valence-corrected chi connectivity index (χ0v) is 33.0. The molecule has 4 amide bonds. The Kier molecular flexibility index (Phi) is 10.3. The number of nitrogens with zero attached hydrogens (tertiary/aromatic N) is 3. The molecule has 6 atom stereocenters. The molecule has 2 aliphatic carbocycles. The van der Waals surface area contributed by atoms with Crippen LogP contribution in [0.2, 0.25) is 0 Å². The van der Waals surface area contributed by atoms with Gasteiger partial charge in [0.2, 0.25) is 23.4 Å². The lowest BCUT2D eigenvalue weighted by molar-refractivity contribution is -0.144. The maximum Gasteiger partial charge on any atom is 0.258 e. The molecule has 310 valence electrons. The number of rotatable bonds is 8. The van der Waals surface area contributed by atoms with Crippen molar-refractivity contribution in [2.75, 3.05) is 32.2 Å². The number of hydrogen-bond acceptors (Lipinski definition) is 8. The van der Waals surface area contributed by atoms with Crippen LogP contribution < -0.4 is 14.4 Å². The van der Waals surface area contributed by atoms with Crippen molar-refractivity contribution in [2.24, 2.45) is 23.7 Å². The van der Waals surface area contributed by atoms with Gasteiger partial charge in [-0.25, -0.2) is 26.9 Å². The van der Waals surface area contributed by atoms with Gasteiger partial charge in [0.1, 0.15) is 5.69 Å². The van der Waals surface area contributed by atoms with E-state index in [-0.39, 0.29) is 28.6 Å².